The first-order chi connectivity index (χ1) is 11.9. The third-order valence-electron chi connectivity index (χ3n) is 4.38. The lowest BCUT2D eigenvalue weighted by Gasteiger charge is -2.32. The summed E-state index contributed by atoms with van der Waals surface area (Å²) in [5.74, 6) is 1.06. The van der Waals surface area contributed by atoms with E-state index < -0.39 is 10.6 Å². The molecule has 3 aromatic rings. The van der Waals surface area contributed by atoms with Crippen LogP contribution in [-0.4, -0.2) is 31.5 Å². The topological polar surface area (TPSA) is 76.8 Å². The summed E-state index contributed by atoms with van der Waals surface area (Å²) < 4.78 is 20.9. The Labute approximate surface area is 151 Å². The number of halogens is 1. The third kappa shape index (κ3) is 3.02. The molecule has 130 valence electrons. The maximum Gasteiger partial charge on any atom is 0.131 e. The Balaban J connectivity index is 1.78. The minimum atomic E-state index is -2.81. The normalized spacial score (nSPS) is 17.8. The Morgan fingerprint density at radius 3 is 2.72 bits per heavy atom. The van der Waals surface area contributed by atoms with Crippen LogP contribution in [-0.2, 0) is 6.54 Å². The van der Waals surface area contributed by atoms with Crippen LogP contribution in [0.2, 0.25) is 5.02 Å². The van der Waals surface area contributed by atoms with Crippen LogP contribution in [0.1, 0.15) is 5.56 Å². The van der Waals surface area contributed by atoms with Gasteiger partial charge in [0.05, 0.1) is 21.2 Å². The van der Waals surface area contributed by atoms with E-state index in [1.807, 2.05) is 23.1 Å². The second-order valence-corrected chi connectivity index (χ2v) is 8.65. The molecule has 0 aliphatic carbocycles. The van der Waals surface area contributed by atoms with Crippen LogP contribution in [0.4, 0.5) is 5.82 Å². The molecule has 5 nitrogen and oxygen atoms in total. The molecule has 0 spiro atoms. The first-order valence-electron chi connectivity index (χ1n) is 7.82. The highest BCUT2D eigenvalue weighted by Crippen LogP contribution is 2.51. The van der Waals surface area contributed by atoms with Crippen molar-refractivity contribution in [1.29, 1.82) is 0 Å². The molecule has 1 aromatic heterocycles. The van der Waals surface area contributed by atoms with E-state index in [2.05, 4.69) is 4.98 Å². The highest BCUT2D eigenvalue weighted by atomic mass is 35.5. The van der Waals surface area contributed by atoms with E-state index in [-0.39, 0.29) is 11.5 Å². The number of anilines is 1. The number of phenolic OH excluding ortho intramolecular Hbond substituents is 1. The fourth-order valence-electron chi connectivity index (χ4n) is 3.10. The highest BCUT2D eigenvalue weighted by molar-refractivity contribution is 8.24. The van der Waals surface area contributed by atoms with Gasteiger partial charge in [-0.2, -0.15) is 10.6 Å². The number of hydrogen-bond donors (Lipinski definition) is 3. The second kappa shape index (κ2) is 6.07. The minimum absolute atomic E-state index is 0.140. The van der Waals surface area contributed by atoms with E-state index in [1.54, 1.807) is 30.3 Å². The summed E-state index contributed by atoms with van der Waals surface area (Å²) in [6.45, 7) is 0.989. The van der Waals surface area contributed by atoms with Crippen molar-refractivity contribution in [3.05, 3.63) is 59.1 Å². The minimum Gasteiger partial charge on any atom is -0.508 e. The Morgan fingerprint density at radius 1 is 1.08 bits per heavy atom. The predicted octanol–water partition coefficient (Wildman–Crippen LogP) is 4.72. The van der Waals surface area contributed by atoms with E-state index in [1.165, 1.54) is 0 Å². The molecule has 1 aliphatic heterocycles. The van der Waals surface area contributed by atoms with Crippen molar-refractivity contribution >= 4 is 38.9 Å². The Bertz CT molecular complexity index is 964. The zero-order chi connectivity index (χ0) is 17.6. The molecular weight excluding hydrogens is 360 g/mol. The van der Waals surface area contributed by atoms with Gasteiger partial charge in [0.15, 0.2) is 0 Å². The van der Waals surface area contributed by atoms with Crippen LogP contribution in [0, 0.1) is 0 Å². The van der Waals surface area contributed by atoms with E-state index >= 15 is 0 Å². The van der Waals surface area contributed by atoms with Gasteiger partial charge in [0.1, 0.15) is 11.6 Å². The molecule has 0 radical (unpaired) electrons. The molecule has 0 bridgehead atoms. The second-order valence-electron chi connectivity index (χ2n) is 6.06. The van der Waals surface area contributed by atoms with Crippen LogP contribution >= 0.6 is 22.2 Å². The van der Waals surface area contributed by atoms with Crippen molar-refractivity contribution in [2.45, 2.75) is 11.4 Å². The number of phenols is 1. The summed E-state index contributed by atoms with van der Waals surface area (Å²) in [6.07, 6.45) is 0. The van der Waals surface area contributed by atoms with Gasteiger partial charge in [-0.3, -0.25) is 9.11 Å². The number of pyridine rings is 1. The van der Waals surface area contributed by atoms with Crippen molar-refractivity contribution in [3.63, 3.8) is 0 Å². The number of aromatic nitrogens is 1. The average Bonchev–Trinajstić information content (AvgIpc) is 2.72. The van der Waals surface area contributed by atoms with Gasteiger partial charge in [-0.1, -0.05) is 29.8 Å². The van der Waals surface area contributed by atoms with E-state index in [4.69, 9.17) is 11.6 Å². The first kappa shape index (κ1) is 16.5. The molecule has 0 saturated heterocycles. The van der Waals surface area contributed by atoms with Gasteiger partial charge in [-0.15, -0.1) is 0 Å². The summed E-state index contributed by atoms with van der Waals surface area (Å²) in [5.41, 5.74) is 1.56. The summed E-state index contributed by atoms with van der Waals surface area (Å²) >= 11 is 6.38. The maximum atomic E-state index is 10.5. The molecule has 4 rings (SSSR count). The molecular formula is C18H17ClN2O3S. The van der Waals surface area contributed by atoms with E-state index in [9.17, 15) is 14.2 Å². The Hall–Kier alpha value is -1.99. The van der Waals surface area contributed by atoms with Crippen LogP contribution in [0.5, 0.6) is 5.75 Å². The molecule has 25 heavy (non-hydrogen) atoms. The van der Waals surface area contributed by atoms with Gasteiger partial charge in [0.2, 0.25) is 0 Å². The molecule has 2 aromatic carbocycles. The number of hydrogen-bond acceptors (Lipinski definition) is 5. The van der Waals surface area contributed by atoms with Crippen molar-refractivity contribution < 1.29 is 14.2 Å². The van der Waals surface area contributed by atoms with Crippen molar-refractivity contribution in [3.8, 4) is 5.75 Å². The van der Waals surface area contributed by atoms with Crippen LogP contribution < -0.4 is 4.90 Å². The summed E-state index contributed by atoms with van der Waals surface area (Å²) in [6, 6.07) is 14.0. The van der Waals surface area contributed by atoms with Crippen LogP contribution in [0.15, 0.2) is 53.4 Å². The predicted molar refractivity (Wildman–Crippen MR) is 102 cm³/mol. The lowest BCUT2D eigenvalue weighted by atomic mass is 10.2. The lowest BCUT2D eigenvalue weighted by Crippen LogP contribution is -2.26. The van der Waals surface area contributed by atoms with Crippen molar-refractivity contribution in [2.24, 2.45) is 0 Å². The highest BCUT2D eigenvalue weighted by Gasteiger charge is 2.26. The summed E-state index contributed by atoms with van der Waals surface area (Å²) in [4.78, 5) is 7.24. The first-order valence-corrected chi connectivity index (χ1v) is 9.91. The number of aromatic hydroxyl groups is 1. The smallest absolute Gasteiger partial charge is 0.131 e. The monoisotopic (exact) mass is 376 g/mol. The lowest BCUT2D eigenvalue weighted by molar-refractivity contribution is 0.476. The Morgan fingerprint density at radius 2 is 1.88 bits per heavy atom. The SMILES string of the molecule is Oc1ccc2nc(N3CCS(O)(O)c4ccccc4C3)cc(Cl)c2c1. The third-order valence-corrected chi connectivity index (χ3v) is 6.55. The number of fused-ring (bicyclic) bond motifs is 2. The average molecular weight is 377 g/mol. The summed E-state index contributed by atoms with van der Waals surface area (Å²) in [5, 5.41) is 10.8. The molecule has 3 N–H and O–H groups in total. The zero-order valence-corrected chi connectivity index (χ0v) is 14.8. The van der Waals surface area contributed by atoms with Crippen LogP contribution in [0.25, 0.3) is 10.9 Å². The largest absolute Gasteiger partial charge is 0.508 e. The fourth-order valence-corrected chi connectivity index (χ4v) is 4.90. The number of nitrogens with zero attached hydrogens (tertiary/aromatic N) is 2. The van der Waals surface area contributed by atoms with Crippen molar-refractivity contribution in [1.82, 2.24) is 4.98 Å². The number of benzene rings is 2. The van der Waals surface area contributed by atoms with Gasteiger partial charge in [0.25, 0.3) is 0 Å². The van der Waals surface area contributed by atoms with Gasteiger partial charge in [-0.25, -0.2) is 4.98 Å². The van der Waals surface area contributed by atoms with Gasteiger partial charge >= 0.3 is 0 Å². The van der Waals surface area contributed by atoms with Gasteiger partial charge in [0, 0.05) is 18.5 Å². The molecule has 0 amide bonds. The molecule has 2 heterocycles. The zero-order valence-electron chi connectivity index (χ0n) is 13.3. The molecule has 0 unspecified atom stereocenters. The van der Waals surface area contributed by atoms with Crippen molar-refractivity contribution in [2.75, 3.05) is 17.2 Å². The molecule has 1 aliphatic rings. The standard InChI is InChI=1S/C18H17ClN2O3S/c19-15-10-18(20-16-6-5-13(22)9-14(15)16)21-7-8-25(23,24)17-4-2-1-3-12(17)11-21/h1-6,9-10,22-24H,7-8,11H2. The van der Waals surface area contributed by atoms with Gasteiger partial charge in [-0.05, 0) is 35.9 Å². The summed E-state index contributed by atoms with van der Waals surface area (Å²) in [7, 11) is -2.81. The fraction of sp³-hybridized carbons (Fsp3) is 0.167. The molecule has 7 heteroatoms. The van der Waals surface area contributed by atoms with E-state index in [0.29, 0.717) is 39.7 Å². The number of rotatable bonds is 1. The van der Waals surface area contributed by atoms with Gasteiger partial charge < -0.3 is 10.0 Å². The van der Waals surface area contributed by atoms with Crippen LogP contribution in [0.3, 0.4) is 0 Å². The molecule has 0 saturated carbocycles. The molecule has 0 atom stereocenters. The van der Waals surface area contributed by atoms with E-state index in [0.717, 1.165) is 5.56 Å². The Kier molecular flexibility index (Phi) is 4.00. The quantitative estimate of drug-likeness (QED) is 0.572. The maximum absolute atomic E-state index is 10.5. The molecule has 0 fully saturated rings.